The number of nitrogens with zero attached hydrogens (tertiary/aromatic N) is 3. The summed E-state index contributed by atoms with van der Waals surface area (Å²) in [7, 11) is 2.06. The van der Waals surface area contributed by atoms with Gasteiger partial charge in [-0.15, -0.1) is 10.2 Å². The minimum absolute atomic E-state index is 0.0957. The van der Waals surface area contributed by atoms with Crippen LogP contribution in [0.1, 0.15) is 21.6 Å². The zero-order chi connectivity index (χ0) is 13.4. The van der Waals surface area contributed by atoms with E-state index >= 15 is 0 Å². The third-order valence-corrected chi connectivity index (χ3v) is 3.13. The molecule has 2 aromatic rings. The van der Waals surface area contributed by atoms with E-state index in [0.717, 1.165) is 18.8 Å². The third-order valence-electron chi connectivity index (χ3n) is 3.13. The Balaban J connectivity index is 1.80. The Hall–Kier alpha value is -2.41. The minimum atomic E-state index is -0.363. The first-order valence-corrected chi connectivity index (χ1v) is 5.91. The fourth-order valence-electron chi connectivity index (χ4n) is 2.24. The number of amides is 1. The molecule has 98 valence electrons. The van der Waals surface area contributed by atoms with Crippen LogP contribution in [0.5, 0.6) is 0 Å². The van der Waals surface area contributed by atoms with Gasteiger partial charge in [0.15, 0.2) is 11.5 Å². The van der Waals surface area contributed by atoms with Crippen LogP contribution in [0.15, 0.2) is 18.2 Å². The van der Waals surface area contributed by atoms with Crippen molar-refractivity contribution in [2.24, 2.45) is 0 Å². The van der Waals surface area contributed by atoms with Crippen molar-refractivity contribution >= 4 is 17.4 Å². The van der Waals surface area contributed by atoms with Gasteiger partial charge in [-0.25, -0.2) is 0 Å². The Bertz CT molecular complexity index is 635. The van der Waals surface area contributed by atoms with Crippen LogP contribution < -0.4 is 11.1 Å². The molecule has 0 bridgehead atoms. The predicted octanol–water partition coefficient (Wildman–Crippen LogP) is 0.585. The Kier molecular flexibility index (Phi) is 2.68. The van der Waals surface area contributed by atoms with E-state index in [1.165, 1.54) is 11.1 Å². The number of carbonyl (C=O) groups excluding carboxylic acids is 1. The number of rotatable bonds is 2. The standard InChI is InChI=1S/C12H14N6O/c1-18-5-7-2-3-9(4-8(7)6-18)14-12(19)10-11(13)16-17-15-10/h2-4H,5-6H2,1H3,(H,14,19)(H3,13,15,16,17). The summed E-state index contributed by atoms with van der Waals surface area (Å²) in [6.45, 7) is 1.84. The van der Waals surface area contributed by atoms with Gasteiger partial charge in [-0.2, -0.15) is 5.21 Å². The molecule has 0 saturated heterocycles. The first kappa shape index (κ1) is 11.7. The number of H-pyrrole nitrogens is 1. The van der Waals surface area contributed by atoms with Gasteiger partial charge in [0.2, 0.25) is 0 Å². The quantitative estimate of drug-likeness (QED) is 0.731. The van der Waals surface area contributed by atoms with E-state index in [9.17, 15) is 4.79 Å². The van der Waals surface area contributed by atoms with E-state index in [0.29, 0.717) is 0 Å². The molecule has 1 aromatic heterocycles. The van der Waals surface area contributed by atoms with E-state index in [-0.39, 0.29) is 17.4 Å². The highest BCUT2D eigenvalue weighted by Gasteiger charge is 2.18. The summed E-state index contributed by atoms with van der Waals surface area (Å²) in [5.74, 6) is -0.268. The Labute approximate surface area is 109 Å². The summed E-state index contributed by atoms with van der Waals surface area (Å²) < 4.78 is 0. The van der Waals surface area contributed by atoms with Crippen LogP contribution in [0.3, 0.4) is 0 Å². The van der Waals surface area contributed by atoms with E-state index in [1.54, 1.807) is 0 Å². The summed E-state index contributed by atoms with van der Waals surface area (Å²) in [5, 5.41) is 12.4. The summed E-state index contributed by atoms with van der Waals surface area (Å²) in [6.07, 6.45) is 0. The third kappa shape index (κ3) is 2.15. The Morgan fingerprint density at radius 3 is 2.89 bits per heavy atom. The summed E-state index contributed by atoms with van der Waals surface area (Å²) in [6, 6.07) is 5.89. The summed E-state index contributed by atoms with van der Waals surface area (Å²) >= 11 is 0. The smallest absolute Gasteiger partial charge is 0.280 e. The monoisotopic (exact) mass is 258 g/mol. The van der Waals surface area contributed by atoms with Crippen molar-refractivity contribution in [2.75, 3.05) is 18.1 Å². The van der Waals surface area contributed by atoms with Gasteiger partial charge in [-0.1, -0.05) is 6.07 Å². The number of nitrogen functional groups attached to an aromatic ring is 1. The lowest BCUT2D eigenvalue weighted by molar-refractivity contribution is 0.102. The van der Waals surface area contributed by atoms with E-state index in [2.05, 4.69) is 32.7 Å². The fourth-order valence-corrected chi connectivity index (χ4v) is 2.24. The number of nitrogens with one attached hydrogen (secondary N) is 2. The molecule has 0 atom stereocenters. The highest BCUT2D eigenvalue weighted by Crippen LogP contribution is 2.24. The lowest BCUT2D eigenvalue weighted by atomic mass is 10.1. The number of carbonyl (C=O) groups is 1. The minimum Gasteiger partial charge on any atom is -0.380 e. The van der Waals surface area contributed by atoms with Crippen molar-refractivity contribution < 1.29 is 4.79 Å². The van der Waals surface area contributed by atoms with Crippen LogP contribution in [-0.2, 0) is 13.1 Å². The Morgan fingerprint density at radius 1 is 1.37 bits per heavy atom. The van der Waals surface area contributed by atoms with Crippen molar-refractivity contribution in [1.29, 1.82) is 0 Å². The molecule has 1 aromatic carbocycles. The van der Waals surface area contributed by atoms with Gasteiger partial charge in [0, 0.05) is 18.8 Å². The summed E-state index contributed by atoms with van der Waals surface area (Å²) in [4.78, 5) is 14.2. The summed E-state index contributed by atoms with van der Waals surface area (Å²) in [5.41, 5.74) is 8.90. The van der Waals surface area contributed by atoms with E-state index < -0.39 is 0 Å². The molecule has 7 heteroatoms. The van der Waals surface area contributed by atoms with Crippen LogP contribution in [0, 0.1) is 0 Å². The zero-order valence-electron chi connectivity index (χ0n) is 10.5. The van der Waals surface area contributed by atoms with Gasteiger partial charge in [0.25, 0.3) is 5.91 Å². The van der Waals surface area contributed by atoms with Crippen molar-refractivity contribution in [3.05, 3.63) is 35.0 Å². The number of benzene rings is 1. The van der Waals surface area contributed by atoms with Gasteiger partial charge in [0.1, 0.15) is 0 Å². The van der Waals surface area contributed by atoms with Crippen molar-refractivity contribution in [2.45, 2.75) is 13.1 Å². The highest BCUT2D eigenvalue weighted by atomic mass is 16.2. The maximum absolute atomic E-state index is 11.9. The molecule has 2 heterocycles. The molecule has 0 unspecified atom stereocenters. The fraction of sp³-hybridized carbons (Fsp3) is 0.250. The number of fused-ring (bicyclic) bond motifs is 1. The molecule has 0 fully saturated rings. The topological polar surface area (TPSA) is 99.9 Å². The molecule has 0 radical (unpaired) electrons. The van der Waals surface area contributed by atoms with Gasteiger partial charge in [-0.05, 0) is 30.3 Å². The molecule has 1 amide bonds. The molecule has 1 aliphatic heterocycles. The number of nitrogens with two attached hydrogens (primary N) is 1. The van der Waals surface area contributed by atoms with Crippen LogP contribution in [0.2, 0.25) is 0 Å². The average molecular weight is 258 g/mol. The van der Waals surface area contributed by atoms with E-state index in [4.69, 9.17) is 5.73 Å². The van der Waals surface area contributed by atoms with Crippen LogP contribution >= 0.6 is 0 Å². The van der Waals surface area contributed by atoms with Gasteiger partial charge >= 0.3 is 0 Å². The predicted molar refractivity (Wildman–Crippen MR) is 70.4 cm³/mol. The molecule has 0 aliphatic carbocycles. The Morgan fingerprint density at radius 2 is 2.16 bits per heavy atom. The molecule has 3 rings (SSSR count). The normalized spacial score (nSPS) is 14.4. The average Bonchev–Trinajstić information content (AvgIpc) is 2.93. The molecule has 1 aliphatic rings. The second kappa shape index (κ2) is 4.36. The van der Waals surface area contributed by atoms with Crippen LogP contribution in [-0.4, -0.2) is 33.3 Å². The molecular weight excluding hydrogens is 244 g/mol. The molecule has 7 nitrogen and oxygen atoms in total. The SMILES string of the molecule is CN1Cc2ccc(NC(=O)c3n[nH]nc3N)cc2C1. The number of hydrogen-bond acceptors (Lipinski definition) is 5. The number of aromatic nitrogens is 3. The van der Waals surface area contributed by atoms with Crippen LogP contribution in [0.4, 0.5) is 11.5 Å². The second-order valence-electron chi connectivity index (χ2n) is 4.67. The molecule has 4 N–H and O–H groups in total. The van der Waals surface area contributed by atoms with Gasteiger partial charge < -0.3 is 11.1 Å². The van der Waals surface area contributed by atoms with Gasteiger partial charge in [-0.3, -0.25) is 9.69 Å². The van der Waals surface area contributed by atoms with E-state index in [1.807, 2.05) is 18.2 Å². The number of hydrogen-bond donors (Lipinski definition) is 3. The van der Waals surface area contributed by atoms with Crippen molar-refractivity contribution in [3.63, 3.8) is 0 Å². The number of anilines is 2. The molecule has 0 saturated carbocycles. The van der Waals surface area contributed by atoms with Gasteiger partial charge in [0.05, 0.1) is 0 Å². The highest BCUT2D eigenvalue weighted by molar-refractivity contribution is 6.05. The lowest BCUT2D eigenvalue weighted by Crippen LogP contribution is -2.14. The molecular formula is C12H14N6O. The largest absolute Gasteiger partial charge is 0.380 e. The maximum atomic E-state index is 11.9. The maximum Gasteiger partial charge on any atom is 0.280 e. The first-order valence-electron chi connectivity index (χ1n) is 5.91. The van der Waals surface area contributed by atoms with Crippen molar-refractivity contribution in [3.8, 4) is 0 Å². The first-order chi connectivity index (χ1) is 9.13. The zero-order valence-corrected chi connectivity index (χ0v) is 10.5. The van der Waals surface area contributed by atoms with Crippen molar-refractivity contribution in [1.82, 2.24) is 20.3 Å². The second-order valence-corrected chi connectivity index (χ2v) is 4.67. The molecule has 0 spiro atoms. The molecule has 19 heavy (non-hydrogen) atoms. The van der Waals surface area contributed by atoms with Crippen LogP contribution in [0.25, 0.3) is 0 Å². The number of aromatic amines is 1. The lowest BCUT2D eigenvalue weighted by Gasteiger charge is -2.05.